The fourth-order valence-electron chi connectivity index (χ4n) is 3.78. The summed E-state index contributed by atoms with van der Waals surface area (Å²) in [7, 11) is 4.92. The first-order chi connectivity index (χ1) is 14.7. The summed E-state index contributed by atoms with van der Waals surface area (Å²) < 4.78 is 27.3. The summed E-state index contributed by atoms with van der Waals surface area (Å²) in [5.74, 6) is 3.39. The molecule has 1 aliphatic heterocycles. The van der Waals surface area contributed by atoms with Crippen LogP contribution in [0.25, 0.3) is 11.5 Å². The van der Waals surface area contributed by atoms with E-state index in [0.717, 1.165) is 56.3 Å². The van der Waals surface area contributed by atoms with Crippen LogP contribution in [0.5, 0.6) is 17.2 Å². The van der Waals surface area contributed by atoms with Crippen molar-refractivity contribution in [2.45, 2.75) is 13.1 Å². The fraction of sp³-hybridized carbons (Fsp3) is 0.409. The number of ether oxygens (including phenoxy) is 3. The largest absolute Gasteiger partial charge is 0.493 e. The average Bonchev–Trinajstić information content (AvgIpc) is 3.46. The molecule has 0 atom stereocenters. The number of nitrogens with zero attached hydrogens (tertiary/aromatic N) is 3. The maximum atomic E-state index is 5.62. The van der Waals surface area contributed by atoms with Gasteiger partial charge in [-0.25, -0.2) is 0 Å². The maximum Gasteiger partial charge on any atom is 0.203 e. The van der Waals surface area contributed by atoms with Gasteiger partial charge >= 0.3 is 0 Å². The van der Waals surface area contributed by atoms with Crippen molar-refractivity contribution in [1.29, 1.82) is 0 Å². The van der Waals surface area contributed by atoms with Crippen LogP contribution in [0.1, 0.15) is 11.3 Å². The number of hydrogen-bond acceptors (Lipinski definition) is 8. The molecule has 8 heteroatoms. The molecule has 0 spiro atoms. The number of hydrogen-bond donors (Lipinski definition) is 0. The molecule has 0 aliphatic carbocycles. The molecule has 160 valence electrons. The number of piperazine rings is 1. The van der Waals surface area contributed by atoms with Gasteiger partial charge < -0.3 is 23.2 Å². The van der Waals surface area contributed by atoms with Gasteiger partial charge in [-0.1, -0.05) is 11.2 Å². The summed E-state index contributed by atoms with van der Waals surface area (Å²) in [4.78, 5) is 4.80. The molecule has 0 unspecified atom stereocenters. The Bertz CT molecular complexity index is 946. The van der Waals surface area contributed by atoms with Crippen molar-refractivity contribution in [3.8, 4) is 28.8 Å². The molecule has 3 aromatic rings. The van der Waals surface area contributed by atoms with Crippen LogP contribution in [0.2, 0.25) is 0 Å². The van der Waals surface area contributed by atoms with Crippen LogP contribution in [0.3, 0.4) is 0 Å². The Morgan fingerprint density at radius 2 is 1.60 bits per heavy atom. The van der Waals surface area contributed by atoms with Gasteiger partial charge in [-0.2, -0.15) is 0 Å². The molecule has 1 aromatic carbocycles. The third-order valence-electron chi connectivity index (χ3n) is 5.35. The molecule has 0 amide bonds. The molecule has 1 saturated heterocycles. The highest BCUT2D eigenvalue weighted by Gasteiger charge is 2.22. The summed E-state index contributed by atoms with van der Waals surface area (Å²) >= 11 is 0. The Balaban J connectivity index is 1.34. The SMILES string of the molecule is COc1ccc(CN2CCN(Cc3cc(-c4ccco4)on3)CC2)c(OC)c1OC. The smallest absolute Gasteiger partial charge is 0.203 e. The fourth-order valence-corrected chi connectivity index (χ4v) is 3.78. The lowest BCUT2D eigenvalue weighted by Gasteiger charge is -2.34. The summed E-state index contributed by atoms with van der Waals surface area (Å²) in [5, 5.41) is 4.18. The second-order valence-electron chi connectivity index (χ2n) is 7.21. The maximum absolute atomic E-state index is 5.62. The van der Waals surface area contributed by atoms with Crippen molar-refractivity contribution in [2.75, 3.05) is 47.5 Å². The number of methoxy groups -OCH3 is 3. The number of rotatable bonds is 8. The van der Waals surface area contributed by atoms with E-state index in [9.17, 15) is 0 Å². The van der Waals surface area contributed by atoms with E-state index < -0.39 is 0 Å². The molecule has 0 saturated carbocycles. The van der Waals surface area contributed by atoms with Gasteiger partial charge in [0.1, 0.15) is 0 Å². The van der Waals surface area contributed by atoms with Crippen molar-refractivity contribution >= 4 is 0 Å². The Morgan fingerprint density at radius 1 is 0.867 bits per heavy atom. The first kappa shape index (κ1) is 20.3. The molecule has 0 N–H and O–H groups in total. The van der Waals surface area contributed by atoms with Gasteiger partial charge in [0.2, 0.25) is 11.5 Å². The molecular weight excluding hydrogens is 386 g/mol. The molecule has 0 radical (unpaired) electrons. The average molecular weight is 413 g/mol. The Hall–Kier alpha value is -2.97. The van der Waals surface area contributed by atoms with Gasteiger partial charge in [0.05, 0.1) is 33.3 Å². The Labute approximate surface area is 175 Å². The van der Waals surface area contributed by atoms with Crippen LogP contribution in [-0.2, 0) is 13.1 Å². The lowest BCUT2D eigenvalue weighted by atomic mass is 10.1. The van der Waals surface area contributed by atoms with Gasteiger partial charge in [-0.05, 0) is 18.2 Å². The zero-order chi connectivity index (χ0) is 20.9. The normalized spacial score (nSPS) is 15.3. The highest BCUT2D eigenvalue weighted by molar-refractivity contribution is 5.55. The lowest BCUT2D eigenvalue weighted by Crippen LogP contribution is -2.45. The van der Waals surface area contributed by atoms with Gasteiger partial charge in [0.15, 0.2) is 17.3 Å². The monoisotopic (exact) mass is 413 g/mol. The number of benzene rings is 1. The van der Waals surface area contributed by atoms with Crippen LogP contribution in [0.4, 0.5) is 0 Å². The lowest BCUT2D eigenvalue weighted by molar-refractivity contribution is 0.119. The third-order valence-corrected chi connectivity index (χ3v) is 5.35. The standard InChI is InChI=1S/C22H27N3O5/c1-26-19-7-6-16(21(27-2)22(19)28-3)14-24-8-10-25(11-9-24)15-17-13-20(30-23-17)18-5-4-12-29-18/h4-7,12-13H,8-11,14-15H2,1-3H3. The van der Waals surface area contributed by atoms with E-state index in [1.54, 1.807) is 27.6 Å². The zero-order valence-electron chi connectivity index (χ0n) is 17.6. The molecule has 1 aliphatic rings. The minimum Gasteiger partial charge on any atom is -0.493 e. The van der Waals surface area contributed by atoms with Crippen molar-refractivity contribution in [2.24, 2.45) is 0 Å². The molecule has 0 bridgehead atoms. The molecule has 8 nitrogen and oxygen atoms in total. The van der Waals surface area contributed by atoms with E-state index in [-0.39, 0.29) is 0 Å². The second-order valence-corrected chi connectivity index (χ2v) is 7.21. The van der Waals surface area contributed by atoms with E-state index in [2.05, 4.69) is 15.0 Å². The van der Waals surface area contributed by atoms with Crippen molar-refractivity contribution in [3.63, 3.8) is 0 Å². The van der Waals surface area contributed by atoms with Gasteiger partial charge in [0, 0.05) is 50.9 Å². The second kappa shape index (κ2) is 9.23. The molecule has 2 aromatic heterocycles. The quantitative estimate of drug-likeness (QED) is 0.557. The van der Waals surface area contributed by atoms with Gasteiger partial charge in [-0.15, -0.1) is 0 Å². The van der Waals surface area contributed by atoms with Crippen LogP contribution < -0.4 is 14.2 Å². The van der Waals surface area contributed by atoms with Gasteiger partial charge in [0.25, 0.3) is 0 Å². The third kappa shape index (κ3) is 4.29. The highest BCUT2D eigenvalue weighted by Crippen LogP contribution is 2.40. The van der Waals surface area contributed by atoms with Crippen LogP contribution in [0, 0.1) is 0 Å². The predicted octanol–water partition coefficient (Wildman–Crippen LogP) is 3.28. The minimum absolute atomic E-state index is 0.634. The molecule has 4 rings (SSSR count). The topological polar surface area (TPSA) is 73.3 Å². The first-order valence-electron chi connectivity index (χ1n) is 9.94. The summed E-state index contributed by atoms with van der Waals surface area (Å²) in [6.07, 6.45) is 1.63. The number of furan rings is 1. The number of aromatic nitrogens is 1. The van der Waals surface area contributed by atoms with Gasteiger partial charge in [-0.3, -0.25) is 9.80 Å². The summed E-state index contributed by atoms with van der Waals surface area (Å²) in [6, 6.07) is 9.61. The van der Waals surface area contributed by atoms with E-state index in [0.29, 0.717) is 23.0 Å². The summed E-state index contributed by atoms with van der Waals surface area (Å²) in [6.45, 7) is 5.39. The molecule has 30 heavy (non-hydrogen) atoms. The van der Waals surface area contributed by atoms with Crippen molar-refractivity contribution in [1.82, 2.24) is 15.0 Å². The zero-order valence-corrected chi connectivity index (χ0v) is 17.6. The molecular formula is C22H27N3O5. The Morgan fingerprint density at radius 3 is 2.23 bits per heavy atom. The van der Waals surface area contributed by atoms with E-state index in [1.807, 2.05) is 30.3 Å². The minimum atomic E-state index is 0.634. The van der Waals surface area contributed by atoms with Crippen molar-refractivity contribution < 1.29 is 23.2 Å². The van der Waals surface area contributed by atoms with E-state index in [1.165, 1.54) is 0 Å². The van der Waals surface area contributed by atoms with Crippen LogP contribution in [-0.4, -0.2) is 62.5 Å². The molecule has 3 heterocycles. The van der Waals surface area contributed by atoms with Crippen LogP contribution >= 0.6 is 0 Å². The highest BCUT2D eigenvalue weighted by atomic mass is 16.5. The first-order valence-corrected chi connectivity index (χ1v) is 9.94. The van der Waals surface area contributed by atoms with Crippen molar-refractivity contribution in [3.05, 3.63) is 47.9 Å². The Kier molecular flexibility index (Phi) is 6.25. The van der Waals surface area contributed by atoms with E-state index >= 15 is 0 Å². The predicted molar refractivity (Wildman–Crippen MR) is 111 cm³/mol. The van der Waals surface area contributed by atoms with E-state index in [4.69, 9.17) is 23.2 Å². The van der Waals surface area contributed by atoms with Crippen LogP contribution in [0.15, 0.2) is 45.5 Å². The molecule has 1 fully saturated rings. The summed E-state index contributed by atoms with van der Waals surface area (Å²) in [5.41, 5.74) is 2.00.